The highest BCUT2D eigenvalue weighted by molar-refractivity contribution is 5.67. The second-order valence-electron chi connectivity index (χ2n) is 5.75. The first kappa shape index (κ1) is 15.2. The Kier molecular flexibility index (Phi) is 5.05. The van der Waals surface area contributed by atoms with Gasteiger partial charge in [-0.2, -0.15) is 5.26 Å². The molecule has 2 N–H and O–H groups in total. The standard InChI is InChI=1S/C18H23N3/c1-13(2)20-16-8-10-17(11-9-16)21-14(3)18-7-5-4-6-15(18)12-19/h4-7,16-17,20-21H,1,3,8-11H2,2H3. The summed E-state index contributed by atoms with van der Waals surface area (Å²) in [5.41, 5.74) is 3.47. The van der Waals surface area contributed by atoms with Crippen LogP contribution in [0, 0.1) is 11.3 Å². The number of rotatable bonds is 5. The Bertz CT molecular complexity index is 560. The highest BCUT2D eigenvalue weighted by atomic mass is 15.0. The largest absolute Gasteiger partial charge is 0.386 e. The van der Waals surface area contributed by atoms with Crippen LogP contribution in [0.4, 0.5) is 0 Å². The summed E-state index contributed by atoms with van der Waals surface area (Å²) >= 11 is 0. The van der Waals surface area contributed by atoms with Crippen LogP contribution in [0.1, 0.15) is 43.7 Å². The van der Waals surface area contributed by atoms with Crippen molar-refractivity contribution in [1.29, 1.82) is 5.26 Å². The van der Waals surface area contributed by atoms with Crippen LogP contribution in [0.2, 0.25) is 0 Å². The van der Waals surface area contributed by atoms with Crippen molar-refractivity contribution in [2.45, 2.75) is 44.7 Å². The predicted molar refractivity (Wildman–Crippen MR) is 87.3 cm³/mol. The summed E-state index contributed by atoms with van der Waals surface area (Å²) in [5.74, 6) is 0. The third kappa shape index (κ3) is 4.13. The van der Waals surface area contributed by atoms with Crippen LogP contribution in [-0.4, -0.2) is 12.1 Å². The van der Waals surface area contributed by atoms with Gasteiger partial charge in [0.1, 0.15) is 0 Å². The molecule has 1 fully saturated rings. The Labute approximate surface area is 127 Å². The molecule has 0 saturated heterocycles. The maximum Gasteiger partial charge on any atom is 0.0998 e. The molecule has 110 valence electrons. The van der Waals surface area contributed by atoms with E-state index in [1.807, 2.05) is 31.2 Å². The summed E-state index contributed by atoms with van der Waals surface area (Å²) in [6, 6.07) is 10.8. The average molecular weight is 281 g/mol. The molecule has 1 aliphatic rings. The zero-order valence-corrected chi connectivity index (χ0v) is 12.7. The fraction of sp³-hybridized carbons (Fsp3) is 0.389. The molecule has 1 aliphatic carbocycles. The second kappa shape index (κ2) is 6.99. The zero-order chi connectivity index (χ0) is 15.2. The molecule has 0 amide bonds. The van der Waals surface area contributed by atoms with Gasteiger partial charge in [0.2, 0.25) is 0 Å². The summed E-state index contributed by atoms with van der Waals surface area (Å²) in [6.07, 6.45) is 4.49. The Hall–Kier alpha value is -2.21. The minimum absolute atomic E-state index is 0.437. The number of allylic oxidation sites excluding steroid dienone is 1. The van der Waals surface area contributed by atoms with Crippen LogP contribution in [0.25, 0.3) is 5.70 Å². The molecule has 0 radical (unpaired) electrons. The van der Waals surface area contributed by atoms with Crippen molar-refractivity contribution < 1.29 is 0 Å². The van der Waals surface area contributed by atoms with Crippen molar-refractivity contribution in [2.24, 2.45) is 0 Å². The first-order chi connectivity index (χ1) is 10.1. The molecule has 0 aromatic heterocycles. The lowest BCUT2D eigenvalue weighted by Crippen LogP contribution is -2.38. The van der Waals surface area contributed by atoms with Gasteiger partial charge in [0.05, 0.1) is 11.6 Å². The Morgan fingerprint density at radius 3 is 2.24 bits per heavy atom. The zero-order valence-electron chi connectivity index (χ0n) is 12.7. The lowest BCUT2D eigenvalue weighted by atomic mass is 9.90. The SMILES string of the molecule is C=C(C)NC1CCC(NC(=C)c2ccccc2C#N)CC1. The predicted octanol–water partition coefficient (Wildman–Crippen LogP) is 3.55. The van der Waals surface area contributed by atoms with Crippen LogP contribution >= 0.6 is 0 Å². The van der Waals surface area contributed by atoms with E-state index in [9.17, 15) is 0 Å². The van der Waals surface area contributed by atoms with Gasteiger partial charge in [0, 0.05) is 29.0 Å². The molecule has 0 heterocycles. The molecule has 0 spiro atoms. The van der Waals surface area contributed by atoms with Crippen LogP contribution in [-0.2, 0) is 0 Å². The van der Waals surface area contributed by atoms with Gasteiger partial charge in [0.25, 0.3) is 0 Å². The van der Waals surface area contributed by atoms with Crippen molar-refractivity contribution in [3.8, 4) is 6.07 Å². The minimum atomic E-state index is 0.437. The van der Waals surface area contributed by atoms with E-state index in [0.717, 1.165) is 42.6 Å². The molecule has 1 aromatic carbocycles. The quantitative estimate of drug-likeness (QED) is 0.867. The number of nitriles is 1. The third-order valence-electron chi connectivity index (χ3n) is 3.93. The first-order valence-electron chi connectivity index (χ1n) is 7.47. The van der Waals surface area contributed by atoms with Gasteiger partial charge in [-0.1, -0.05) is 31.4 Å². The molecular weight excluding hydrogens is 258 g/mol. The minimum Gasteiger partial charge on any atom is -0.386 e. The molecule has 0 unspecified atom stereocenters. The Balaban J connectivity index is 1.90. The molecule has 0 bridgehead atoms. The summed E-state index contributed by atoms with van der Waals surface area (Å²) in [7, 11) is 0. The van der Waals surface area contributed by atoms with Crippen molar-refractivity contribution in [2.75, 3.05) is 0 Å². The van der Waals surface area contributed by atoms with E-state index in [1.165, 1.54) is 0 Å². The van der Waals surface area contributed by atoms with E-state index in [1.54, 1.807) is 0 Å². The van der Waals surface area contributed by atoms with Crippen molar-refractivity contribution in [1.82, 2.24) is 10.6 Å². The number of nitrogens with zero attached hydrogens (tertiary/aromatic N) is 1. The molecule has 1 aromatic rings. The van der Waals surface area contributed by atoms with E-state index in [-0.39, 0.29) is 0 Å². The summed E-state index contributed by atoms with van der Waals surface area (Å²) in [4.78, 5) is 0. The fourth-order valence-corrected chi connectivity index (χ4v) is 2.90. The van der Waals surface area contributed by atoms with Crippen LogP contribution in [0.15, 0.2) is 43.1 Å². The van der Waals surface area contributed by atoms with Gasteiger partial charge in [-0.15, -0.1) is 0 Å². The number of hydrogen-bond acceptors (Lipinski definition) is 3. The normalized spacial score (nSPS) is 21.1. The molecule has 21 heavy (non-hydrogen) atoms. The van der Waals surface area contributed by atoms with Gasteiger partial charge in [-0.05, 0) is 38.7 Å². The smallest absolute Gasteiger partial charge is 0.0998 e. The van der Waals surface area contributed by atoms with E-state index in [2.05, 4.69) is 29.9 Å². The highest BCUT2D eigenvalue weighted by Gasteiger charge is 2.21. The summed E-state index contributed by atoms with van der Waals surface area (Å²) in [5, 5.41) is 16.1. The first-order valence-corrected chi connectivity index (χ1v) is 7.47. The highest BCUT2D eigenvalue weighted by Crippen LogP contribution is 2.23. The molecule has 3 nitrogen and oxygen atoms in total. The average Bonchev–Trinajstić information content (AvgIpc) is 2.48. The maximum absolute atomic E-state index is 9.16. The van der Waals surface area contributed by atoms with E-state index < -0.39 is 0 Å². The molecule has 0 aliphatic heterocycles. The Morgan fingerprint density at radius 1 is 1.10 bits per heavy atom. The molecular formula is C18H23N3. The lowest BCUT2D eigenvalue weighted by Gasteiger charge is -2.31. The summed E-state index contributed by atoms with van der Waals surface area (Å²) < 4.78 is 0. The topological polar surface area (TPSA) is 47.8 Å². The van der Waals surface area contributed by atoms with Crippen molar-refractivity contribution in [3.63, 3.8) is 0 Å². The van der Waals surface area contributed by atoms with Gasteiger partial charge < -0.3 is 10.6 Å². The van der Waals surface area contributed by atoms with Gasteiger partial charge in [-0.25, -0.2) is 0 Å². The fourth-order valence-electron chi connectivity index (χ4n) is 2.90. The second-order valence-corrected chi connectivity index (χ2v) is 5.75. The van der Waals surface area contributed by atoms with E-state index in [4.69, 9.17) is 5.26 Å². The van der Waals surface area contributed by atoms with Crippen molar-refractivity contribution in [3.05, 3.63) is 54.2 Å². The number of benzene rings is 1. The lowest BCUT2D eigenvalue weighted by molar-refractivity contribution is 0.341. The maximum atomic E-state index is 9.16. The van der Waals surface area contributed by atoms with Gasteiger partial charge in [0.15, 0.2) is 0 Å². The van der Waals surface area contributed by atoms with E-state index in [0.29, 0.717) is 17.6 Å². The summed E-state index contributed by atoms with van der Waals surface area (Å²) in [6.45, 7) is 10.0. The van der Waals surface area contributed by atoms with Crippen LogP contribution in [0.3, 0.4) is 0 Å². The molecule has 0 atom stereocenters. The van der Waals surface area contributed by atoms with Crippen LogP contribution in [0.5, 0.6) is 0 Å². The number of nitrogens with one attached hydrogen (secondary N) is 2. The Morgan fingerprint density at radius 2 is 1.67 bits per heavy atom. The molecule has 3 heteroatoms. The molecule has 1 saturated carbocycles. The third-order valence-corrected chi connectivity index (χ3v) is 3.93. The molecule has 2 rings (SSSR count). The number of hydrogen-bond donors (Lipinski definition) is 2. The van der Waals surface area contributed by atoms with Crippen LogP contribution < -0.4 is 10.6 Å². The van der Waals surface area contributed by atoms with Gasteiger partial charge in [-0.3, -0.25) is 0 Å². The van der Waals surface area contributed by atoms with E-state index >= 15 is 0 Å². The monoisotopic (exact) mass is 281 g/mol. The van der Waals surface area contributed by atoms with Crippen molar-refractivity contribution >= 4 is 5.70 Å². The van der Waals surface area contributed by atoms with Gasteiger partial charge >= 0.3 is 0 Å².